The van der Waals surface area contributed by atoms with Gasteiger partial charge in [-0.1, -0.05) is 30.3 Å². The highest BCUT2D eigenvalue weighted by Crippen LogP contribution is 2.17. The van der Waals surface area contributed by atoms with Crippen molar-refractivity contribution < 1.29 is 14.3 Å². The molecule has 2 aromatic rings. The highest BCUT2D eigenvalue weighted by Gasteiger charge is 2.20. The molecule has 1 fully saturated rings. The number of benzene rings is 2. The number of ether oxygens (including phenoxy) is 2. The van der Waals surface area contributed by atoms with E-state index in [2.05, 4.69) is 5.32 Å². The van der Waals surface area contributed by atoms with Gasteiger partial charge in [-0.15, -0.1) is 0 Å². The minimum absolute atomic E-state index is 0.0707. The van der Waals surface area contributed by atoms with Gasteiger partial charge < -0.3 is 19.7 Å². The van der Waals surface area contributed by atoms with Crippen LogP contribution in [-0.4, -0.2) is 37.1 Å². The summed E-state index contributed by atoms with van der Waals surface area (Å²) in [6.07, 6.45) is 1.44. The first-order chi connectivity index (χ1) is 13.3. The first-order valence-electron chi connectivity index (χ1n) is 8.77. The molecule has 0 aliphatic carbocycles. The van der Waals surface area contributed by atoms with Crippen LogP contribution in [0.2, 0.25) is 0 Å². The zero-order valence-corrected chi connectivity index (χ0v) is 14.9. The van der Waals surface area contributed by atoms with Gasteiger partial charge in [-0.3, -0.25) is 4.79 Å². The average molecular weight is 363 g/mol. The zero-order valence-electron chi connectivity index (χ0n) is 14.9. The van der Waals surface area contributed by atoms with Gasteiger partial charge in [0, 0.05) is 25.0 Å². The van der Waals surface area contributed by atoms with Gasteiger partial charge in [0.05, 0.1) is 13.2 Å². The molecule has 3 rings (SSSR count). The molecule has 0 atom stereocenters. The maximum absolute atomic E-state index is 12.3. The van der Waals surface area contributed by atoms with Crippen LogP contribution < -0.4 is 10.1 Å². The number of carbonyl (C=O) groups excluding carboxylic acids is 1. The van der Waals surface area contributed by atoms with Gasteiger partial charge >= 0.3 is 0 Å². The Balaban J connectivity index is 1.55. The summed E-state index contributed by atoms with van der Waals surface area (Å²) in [7, 11) is 0. The number of hydrogen-bond donors (Lipinski definition) is 1. The molecule has 1 heterocycles. The van der Waals surface area contributed by atoms with E-state index in [-0.39, 0.29) is 11.5 Å². The summed E-state index contributed by atoms with van der Waals surface area (Å²) in [5, 5.41) is 12.3. The Bertz CT molecular complexity index is 820. The van der Waals surface area contributed by atoms with Crippen molar-refractivity contribution in [2.45, 2.75) is 6.61 Å². The van der Waals surface area contributed by atoms with Gasteiger partial charge in [0.25, 0.3) is 5.91 Å². The summed E-state index contributed by atoms with van der Waals surface area (Å²) >= 11 is 0. The van der Waals surface area contributed by atoms with Crippen LogP contribution in [0.1, 0.15) is 5.56 Å². The molecule has 0 bridgehead atoms. The number of carbonyl (C=O) groups is 1. The summed E-state index contributed by atoms with van der Waals surface area (Å²) < 4.78 is 11.0. The second kappa shape index (κ2) is 9.41. The standard InChI is InChI=1S/C21H21N3O3/c22-14-18(21(25)24-10-12-26-13-11-24)15-23-19-6-8-20(9-7-19)27-16-17-4-2-1-3-5-17/h1-9,15,23H,10-13,16H2/b18-15+. The molecular weight excluding hydrogens is 342 g/mol. The molecule has 1 saturated heterocycles. The van der Waals surface area contributed by atoms with Crippen molar-refractivity contribution >= 4 is 11.6 Å². The molecule has 1 amide bonds. The normalized spacial score (nSPS) is 14.3. The Morgan fingerprint density at radius 3 is 2.52 bits per heavy atom. The maximum atomic E-state index is 12.3. The van der Waals surface area contributed by atoms with Gasteiger partial charge in [0.1, 0.15) is 24.0 Å². The van der Waals surface area contributed by atoms with E-state index in [1.807, 2.05) is 60.7 Å². The van der Waals surface area contributed by atoms with Crippen molar-refractivity contribution in [2.24, 2.45) is 0 Å². The lowest BCUT2D eigenvalue weighted by atomic mass is 10.2. The fourth-order valence-electron chi connectivity index (χ4n) is 2.62. The lowest BCUT2D eigenvalue weighted by Gasteiger charge is -2.26. The highest BCUT2D eigenvalue weighted by atomic mass is 16.5. The minimum atomic E-state index is -0.281. The Hall–Kier alpha value is -3.30. The zero-order chi connectivity index (χ0) is 18.9. The van der Waals surface area contributed by atoms with E-state index in [1.54, 1.807) is 4.90 Å². The summed E-state index contributed by atoms with van der Waals surface area (Å²) in [4.78, 5) is 14.0. The monoisotopic (exact) mass is 363 g/mol. The van der Waals surface area contributed by atoms with E-state index in [9.17, 15) is 10.1 Å². The predicted octanol–water partition coefficient (Wildman–Crippen LogP) is 2.94. The van der Waals surface area contributed by atoms with Crippen molar-refractivity contribution in [3.63, 3.8) is 0 Å². The molecule has 0 radical (unpaired) electrons. The van der Waals surface area contributed by atoms with E-state index in [1.165, 1.54) is 6.20 Å². The minimum Gasteiger partial charge on any atom is -0.489 e. The molecule has 6 nitrogen and oxygen atoms in total. The van der Waals surface area contributed by atoms with E-state index in [0.29, 0.717) is 32.9 Å². The molecule has 27 heavy (non-hydrogen) atoms. The number of rotatable bonds is 6. The van der Waals surface area contributed by atoms with Crippen LogP contribution in [0, 0.1) is 11.3 Å². The third kappa shape index (κ3) is 5.33. The second-order valence-electron chi connectivity index (χ2n) is 6.02. The van der Waals surface area contributed by atoms with Crippen LogP contribution in [0.15, 0.2) is 66.4 Å². The Labute approximate surface area is 158 Å². The molecule has 1 aliphatic rings. The van der Waals surface area contributed by atoms with Gasteiger partial charge in [0.15, 0.2) is 0 Å². The van der Waals surface area contributed by atoms with Crippen molar-refractivity contribution in [3.05, 3.63) is 71.9 Å². The summed E-state index contributed by atoms with van der Waals surface area (Å²) in [5.41, 5.74) is 1.94. The van der Waals surface area contributed by atoms with Crippen LogP contribution in [-0.2, 0) is 16.1 Å². The average Bonchev–Trinajstić information content (AvgIpc) is 2.75. The number of amides is 1. The molecule has 138 valence electrons. The Morgan fingerprint density at radius 2 is 1.85 bits per heavy atom. The summed E-state index contributed by atoms with van der Waals surface area (Å²) in [6.45, 7) is 2.52. The second-order valence-corrected chi connectivity index (χ2v) is 6.02. The lowest BCUT2D eigenvalue weighted by molar-refractivity contribution is -0.130. The van der Waals surface area contributed by atoms with E-state index >= 15 is 0 Å². The summed E-state index contributed by atoms with van der Waals surface area (Å²) in [5.74, 6) is 0.467. The first kappa shape index (κ1) is 18.5. The number of nitriles is 1. The molecular formula is C21H21N3O3. The quantitative estimate of drug-likeness (QED) is 0.631. The van der Waals surface area contributed by atoms with Crippen LogP contribution in [0.25, 0.3) is 0 Å². The summed E-state index contributed by atoms with van der Waals surface area (Å²) in [6, 6.07) is 19.3. The van der Waals surface area contributed by atoms with Gasteiger partial charge in [-0.05, 0) is 29.8 Å². The van der Waals surface area contributed by atoms with E-state index in [0.717, 1.165) is 17.0 Å². The Morgan fingerprint density at radius 1 is 1.15 bits per heavy atom. The predicted molar refractivity (Wildman–Crippen MR) is 102 cm³/mol. The third-order valence-electron chi connectivity index (χ3n) is 4.13. The number of morpholine rings is 1. The third-order valence-corrected chi connectivity index (χ3v) is 4.13. The number of hydrogen-bond acceptors (Lipinski definition) is 5. The number of nitrogens with one attached hydrogen (secondary N) is 1. The number of nitrogens with zero attached hydrogens (tertiary/aromatic N) is 2. The van der Waals surface area contributed by atoms with Crippen LogP contribution in [0.5, 0.6) is 5.75 Å². The molecule has 1 aliphatic heterocycles. The molecule has 2 aromatic carbocycles. The van der Waals surface area contributed by atoms with E-state index in [4.69, 9.17) is 9.47 Å². The smallest absolute Gasteiger partial charge is 0.266 e. The molecule has 0 spiro atoms. The number of anilines is 1. The molecule has 0 aromatic heterocycles. The Kier molecular flexibility index (Phi) is 6.45. The molecule has 6 heteroatoms. The van der Waals surface area contributed by atoms with E-state index < -0.39 is 0 Å². The van der Waals surface area contributed by atoms with Crippen molar-refractivity contribution in [3.8, 4) is 11.8 Å². The van der Waals surface area contributed by atoms with Crippen molar-refractivity contribution in [1.82, 2.24) is 4.90 Å². The maximum Gasteiger partial charge on any atom is 0.266 e. The van der Waals surface area contributed by atoms with Crippen LogP contribution >= 0.6 is 0 Å². The van der Waals surface area contributed by atoms with Crippen molar-refractivity contribution in [2.75, 3.05) is 31.6 Å². The molecule has 1 N–H and O–H groups in total. The fourth-order valence-corrected chi connectivity index (χ4v) is 2.62. The first-order valence-corrected chi connectivity index (χ1v) is 8.77. The van der Waals surface area contributed by atoms with Gasteiger partial charge in [-0.2, -0.15) is 5.26 Å². The van der Waals surface area contributed by atoms with Gasteiger partial charge in [0.2, 0.25) is 0 Å². The highest BCUT2D eigenvalue weighted by molar-refractivity contribution is 5.97. The molecule has 0 saturated carbocycles. The lowest BCUT2D eigenvalue weighted by Crippen LogP contribution is -2.41. The largest absolute Gasteiger partial charge is 0.489 e. The fraction of sp³-hybridized carbons (Fsp3) is 0.238. The van der Waals surface area contributed by atoms with Crippen LogP contribution in [0.3, 0.4) is 0 Å². The van der Waals surface area contributed by atoms with Crippen molar-refractivity contribution in [1.29, 1.82) is 5.26 Å². The van der Waals surface area contributed by atoms with Crippen LogP contribution in [0.4, 0.5) is 5.69 Å². The SMILES string of the molecule is N#C/C(=C\Nc1ccc(OCc2ccccc2)cc1)C(=O)N1CCOCC1. The van der Waals surface area contributed by atoms with Gasteiger partial charge in [-0.25, -0.2) is 0 Å². The molecule has 0 unspecified atom stereocenters. The topological polar surface area (TPSA) is 74.6 Å².